The lowest BCUT2D eigenvalue weighted by atomic mass is 10.2. The van der Waals surface area contributed by atoms with Crippen molar-refractivity contribution in [3.05, 3.63) is 54.2 Å². The van der Waals surface area contributed by atoms with Gasteiger partial charge in [-0.3, -0.25) is 0 Å². The van der Waals surface area contributed by atoms with E-state index in [4.69, 9.17) is 9.15 Å². The van der Waals surface area contributed by atoms with Gasteiger partial charge in [0, 0.05) is 6.61 Å². The van der Waals surface area contributed by atoms with E-state index in [2.05, 4.69) is 17.1 Å². The summed E-state index contributed by atoms with van der Waals surface area (Å²) < 4.78 is 10.4. The highest BCUT2D eigenvalue weighted by atomic mass is 16.5. The lowest BCUT2D eigenvalue weighted by molar-refractivity contribution is 0.118. The SMILES string of the molecule is c1ccc(COCCCc2cocn2)cc1. The summed E-state index contributed by atoms with van der Waals surface area (Å²) in [6.45, 7) is 1.43. The van der Waals surface area contributed by atoms with Crippen LogP contribution >= 0.6 is 0 Å². The predicted molar refractivity (Wildman–Crippen MR) is 60.9 cm³/mol. The minimum absolute atomic E-state index is 0.680. The Morgan fingerprint density at radius 1 is 1.19 bits per heavy atom. The molecule has 0 radical (unpaired) electrons. The Morgan fingerprint density at radius 2 is 2.06 bits per heavy atom. The summed E-state index contributed by atoms with van der Waals surface area (Å²) in [6.07, 6.45) is 5.02. The number of ether oxygens (including phenoxy) is 1. The highest BCUT2D eigenvalue weighted by Crippen LogP contribution is 2.03. The summed E-state index contributed by atoms with van der Waals surface area (Å²) in [4.78, 5) is 4.05. The van der Waals surface area contributed by atoms with Crippen molar-refractivity contribution < 1.29 is 9.15 Å². The second-order valence-corrected chi connectivity index (χ2v) is 3.62. The van der Waals surface area contributed by atoms with Gasteiger partial charge in [0.2, 0.25) is 0 Å². The number of oxazole rings is 1. The molecule has 0 bridgehead atoms. The Labute approximate surface area is 95.1 Å². The van der Waals surface area contributed by atoms with Gasteiger partial charge >= 0.3 is 0 Å². The van der Waals surface area contributed by atoms with Crippen LogP contribution in [0.15, 0.2) is 47.4 Å². The molecule has 0 atom stereocenters. The van der Waals surface area contributed by atoms with Crippen LogP contribution in [0.1, 0.15) is 17.7 Å². The second-order valence-electron chi connectivity index (χ2n) is 3.62. The molecule has 3 nitrogen and oxygen atoms in total. The van der Waals surface area contributed by atoms with E-state index in [1.165, 1.54) is 12.0 Å². The van der Waals surface area contributed by atoms with Crippen LogP contribution in [0.5, 0.6) is 0 Å². The van der Waals surface area contributed by atoms with Gasteiger partial charge in [0.1, 0.15) is 6.26 Å². The van der Waals surface area contributed by atoms with Crippen LogP contribution in [-0.2, 0) is 17.8 Å². The number of hydrogen-bond acceptors (Lipinski definition) is 3. The number of aromatic nitrogens is 1. The molecule has 1 aromatic heterocycles. The van der Waals surface area contributed by atoms with Crippen LogP contribution in [0.3, 0.4) is 0 Å². The lowest BCUT2D eigenvalue weighted by Gasteiger charge is -2.03. The van der Waals surface area contributed by atoms with Gasteiger partial charge in [0.15, 0.2) is 6.39 Å². The summed E-state index contributed by atoms with van der Waals surface area (Å²) in [5.41, 5.74) is 2.20. The maximum absolute atomic E-state index is 5.56. The fourth-order valence-corrected chi connectivity index (χ4v) is 1.48. The van der Waals surface area contributed by atoms with Crippen LogP contribution in [0.4, 0.5) is 0 Å². The van der Waals surface area contributed by atoms with E-state index in [1.54, 1.807) is 6.26 Å². The molecule has 0 aliphatic heterocycles. The van der Waals surface area contributed by atoms with Gasteiger partial charge in [-0.2, -0.15) is 0 Å². The summed E-state index contributed by atoms with van der Waals surface area (Å²) in [7, 11) is 0. The third-order valence-electron chi connectivity index (χ3n) is 2.32. The largest absolute Gasteiger partial charge is 0.451 e. The second kappa shape index (κ2) is 6.08. The fourth-order valence-electron chi connectivity index (χ4n) is 1.48. The quantitative estimate of drug-likeness (QED) is 0.698. The van der Waals surface area contributed by atoms with Gasteiger partial charge in [0.05, 0.1) is 12.3 Å². The number of rotatable bonds is 6. The minimum Gasteiger partial charge on any atom is -0.451 e. The first-order valence-electron chi connectivity index (χ1n) is 5.44. The zero-order valence-corrected chi connectivity index (χ0v) is 9.13. The lowest BCUT2D eigenvalue weighted by Crippen LogP contribution is -1.97. The highest BCUT2D eigenvalue weighted by molar-refractivity contribution is 5.13. The van der Waals surface area contributed by atoms with E-state index in [1.807, 2.05) is 18.2 Å². The van der Waals surface area contributed by atoms with Crippen molar-refractivity contribution in [1.29, 1.82) is 0 Å². The molecule has 0 fully saturated rings. The number of nitrogens with zero attached hydrogens (tertiary/aromatic N) is 1. The molecule has 16 heavy (non-hydrogen) atoms. The zero-order valence-electron chi connectivity index (χ0n) is 9.13. The van der Waals surface area contributed by atoms with Gasteiger partial charge in [-0.15, -0.1) is 0 Å². The van der Waals surface area contributed by atoms with E-state index in [0.717, 1.165) is 25.1 Å². The van der Waals surface area contributed by atoms with Crippen LogP contribution in [0, 0.1) is 0 Å². The molecule has 2 aromatic rings. The predicted octanol–water partition coefficient (Wildman–Crippen LogP) is 2.82. The van der Waals surface area contributed by atoms with Crippen LogP contribution < -0.4 is 0 Å². The minimum atomic E-state index is 0.680. The molecule has 0 saturated carbocycles. The number of hydrogen-bond donors (Lipinski definition) is 0. The molecule has 0 spiro atoms. The molecule has 84 valence electrons. The van der Waals surface area contributed by atoms with Crippen molar-refractivity contribution in [1.82, 2.24) is 4.98 Å². The van der Waals surface area contributed by atoms with Crippen LogP contribution in [-0.4, -0.2) is 11.6 Å². The average Bonchev–Trinajstić information content (AvgIpc) is 2.83. The van der Waals surface area contributed by atoms with Crippen molar-refractivity contribution in [2.45, 2.75) is 19.4 Å². The summed E-state index contributed by atoms with van der Waals surface area (Å²) >= 11 is 0. The van der Waals surface area contributed by atoms with Crippen LogP contribution in [0.25, 0.3) is 0 Å². The van der Waals surface area contributed by atoms with E-state index in [9.17, 15) is 0 Å². The van der Waals surface area contributed by atoms with Crippen LogP contribution in [0.2, 0.25) is 0 Å². The smallest absolute Gasteiger partial charge is 0.180 e. The molecule has 0 N–H and O–H groups in total. The summed E-state index contributed by atoms with van der Waals surface area (Å²) in [6, 6.07) is 10.2. The molecule has 3 heteroatoms. The van der Waals surface area contributed by atoms with Gasteiger partial charge < -0.3 is 9.15 Å². The Hall–Kier alpha value is -1.61. The monoisotopic (exact) mass is 217 g/mol. The van der Waals surface area contributed by atoms with Gasteiger partial charge in [-0.1, -0.05) is 30.3 Å². The van der Waals surface area contributed by atoms with Gasteiger partial charge in [0.25, 0.3) is 0 Å². The fraction of sp³-hybridized carbons (Fsp3) is 0.308. The van der Waals surface area contributed by atoms with E-state index < -0.39 is 0 Å². The molecule has 0 unspecified atom stereocenters. The molecule has 1 aromatic carbocycles. The van der Waals surface area contributed by atoms with Crippen molar-refractivity contribution in [3.63, 3.8) is 0 Å². The normalized spacial score (nSPS) is 10.5. The molecule has 0 aliphatic carbocycles. The molecule has 0 amide bonds. The first-order chi connectivity index (χ1) is 7.95. The van der Waals surface area contributed by atoms with Crippen molar-refractivity contribution in [2.24, 2.45) is 0 Å². The highest BCUT2D eigenvalue weighted by Gasteiger charge is 1.96. The Kier molecular flexibility index (Phi) is 4.14. The Morgan fingerprint density at radius 3 is 2.81 bits per heavy atom. The van der Waals surface area contributed by atoms with E-state index in [-0.39, 0.29) is 0 Å². The number of benzene rings is 1. The third kappa shape index (κ3) is 3.51. The average molecular weight is 217 g/mol. The topological polar surface area (TPSA) is 35.3 Å². The molecule has 0 saturated heterocycles. The maximum Gasteiger partial charge on any atom is 0.180 e. The molecule has 1 heterocycles. The Bertz CT molecular complexity index is 384. The van der Waals surface area contributed by atoms with Crippen molar-refractivity contribution in [2.75, 3.05) is 6.61 Å². The van der Waals surface area contributed by atoms with Crippen molar-refractivity contribution >= 4 is 0 Å². The zero-order chi connectivity index (χ0) is 11.1. The van der Waals surface area contributed by atoms with Gasteiger partial charge in [-0.05, 0) is 18.4 Å². The molecule has 2 rings (SSSR count). The maximum atomic E-state index is 5.56. The first kappa shape index (κ1) is 10.9. The molecule has 0 aliphatic rings. The standard InChI is InChI=1S/C13H15NO2/c1-2-5-12(6-3-1)9-15-8-4-7-13-10-16-11-14-13/h1-3,5-6,10-11H,4,7-9H2. The first-order valence-corrected chi connectivity index (χ1v) is 5.44. The van der Waals surface area contributed by atoms with E-state index in [0.29, 0.717) is 6.61 Å². The Balaban J connectivity index is 1.59. The third-order valence-corrected chi connectivity index (χ3v) is 2.32. The summed E-state index contributed by atoms with van der Waals surface area (Å²) in [5, 5.41) is 0. The van der Waals surface area contributed by atoms with Gasteiger partial charge in [-0.25, -0.2) is 4.98 Å². The molecular weight excluding hydrogens is 202 g/mol. The van der Waals surface area contributed by atoms with E-state index >= 15 is 0 Å². The summed E-state index contributed by atoms with van der Waals surface area (Å²) in [5.74, 6) is 0. The number of aryl methyl sites for hydroxylation is 1. The molecular formula is C13H15NO2. The van der Waals surface area contributed by atoms with Crippen molar-refractivity contribution in [3.8, 4) is 0 Å².